The molecule has 1 aromatic rings. The number of hydrogen-bond donors (Lipinski definition) is 2. The number of rotatable bonds is 6. The van der Waals surface area contributed by atoms with E-state index in [-0.39, 0.29) is 33.2 Å². The smallest absolute Gasteiger partial charge is 0.242 e. The van der Waals surface area contributed by atoms with Gasteiger partial charge in [0.2, 0.25) is 10.0 Å². The highest BCUT2D eigenvalue weighted by Crippen LogP contribution is 2.29. The van der Waals surface area contributed by atoms with E-state index in [1.807, 2.05) is 6.92 Å². The molecule has 0 spiro atoms. The topological polar surface area (TPSA) is 66.4 Å². The summed E-state index contributed by atoms with van der Waals surface area (Å²) in [5.74, 6) is 0. The van der Waals surface area contributed by atoms with Gasteiger partial charge in [0.25, 0.3) is 0 Å². The van der Waals surface area contributed by atoms with Gasteiger partial charge in [-0.2, -0.15) is 0 Å². The average Bonchev–Trinajstić information content (AvgIpc) is 2.31. The molecule has 0 aliphatic rings. The molecule has 1 unspecified atom stereocenters. The maximum Gasteiger partial charge on any atom is 0.242 e. The molecule has 0 saturated heterocycles. The van der Waals surface area contributed by atoms with Crippen LogP contribution in [0.25, 0.3) is 0 Å². The zero-order valence-corrected chi connectivity index (χ0v) is 13.1. The van der Waals surface area contributed by atoms with Gasteiger partial charge in [-0.05, 0) is 31.0 Å². The molecule has 0 fully saturated rings. The van der Waals surface area contributed by atoms with Gasteiger partial charge in [-0.25, -0.2) is 13.1 Å². The first-order valence-corrected chi connectivity index (χ1v) is 8.16. The van der Waals surface area contributed by atoms with Crippen molar-refractivity contribution in [1.82, 2.24) is 4.72 Å². The molecule has 19 heavy (non-hydrogen) atoms. The van der Waals surface area contributed by atoms with E-state index in [0.29, 0.717) is 0 Å². The van der Waals surface area contributed by atoms with Crippen molar-refractivity contribution in [3.05, 3.63) is 27.7 Å². The van der Waals surface area contributed by atoms with Crippen LogP contribution in [0, 0.1) is 0 Å². The van der Waals surface area contributed by atoms with Crippen molar-refractivity contribution in [1.29, 1.82) is 0 Å². The molecule has 0 heterocycles. The summed E-state index contributed by atoms with van der Waals surface area (Å²) in [5.41, 5.74) is 0.290. The maximum atomic E-state index is 12.2. The fraction of sp³-hybridized carbons (Fsp3) is 0.500. The molecule has 1 aromatic carbocycles. The molecule has 0 radical (unpaired) electrons. The summed E-state index contributed by atoms with van der Waals surface area (Å²) in [6.45, 7) is 3.39. The van der Waals surface area contributed by atoms with Gasteiger partial charge in [0, 0.05) is 11.1 Å². The van der Waals surface area contributed by atoms with Gasteiger partial charge in [-0.3, -0.25) is 0 Å². The van der Waals surface area contributed by atoms with Crippen molar-refractivity contribution < 1.29 is 13.5 Å². The molecule has 108 valence electrons. The standard InChI is InChI=1S/C12H17Cl2NO3S/c1-3-4-8(2)15-19(17,18)11-6-10(13)5-9(7-16)12(11)14/h5-6,8,15-16H,3-4,7H2,1-2H3. The normalized spacial score (nSPS) is 13.5. The largest absolute Gasteiger partial charge is 0.392 e. The van der Waals surface area contributed by atoms with Gasteiger partial charge >= 0.3 is 0 Å². The molecule has 7 heteroatoms. The second-order valence-electron chi connectivity index (χ2n) is 4.35. The summed E-state index contributed by atoms with van der Waals surface area (Å²) in [6.07, 6.45) is 1.60. The van der Waals surface area contributed by atoms with Gasteiger partial charge in [-0.1, -0.05) is 36.5 Å². The number of halogens is 2. The molecule has 0 saturated carbocycles. The van der Waals surface area contributed by atoms with E-state index in [0.717, 1.165) is 12.8 Å². The minimum atomic E-state index is -3.74. The van der Waals surface area contributed by atoms with Crippen molar-refractivity contribution >= 4 is 33.2 Å². The average molecular weight is 326 g/mol. The number of hydrogen-bond acceptors (Lipinski definition) is 3. The zero-order chi connectivity index (χ0) is 14.6. The fourth-order valence-corrected chi connectivity index (χ4v) is 3.95. The van der Waals surface area contributed by atoms with Crippen LogP contribution in [-0.4, -0.2) is 19.6 Å². The Kier molecular flexibility index (Phi) is 6.08. The van der Waals surface area contributed by atoms with Gasteiger partial charge in [0.05, 0.1) is 11.6 Å². The molecule has 0 aromatic heterocycles. The molecule has 0 aliphatic heterocycles. The molecular weight excluding hydrogens is 309 g/mol. The molecular formula is C12H17Cl2NO3S. The highest BCUT2D eigenvalue weighted by Gasteiger charge is 2.22. The van der Waals surface area contributed by atoms with E-state index in [9.17, 15) is 8.42 Å². The quantitative estimate of drug-likeness (QED) is 0.845. The lowest BCUT2D eigenvalue weighted by Gasteiger charge is -2.15. The number of aliphatic hydroxyl groups excluding tert-OH is 1. The van der Waals surface area contributed by atoms with Crippen LogP contribution in [0.15, 0.2) is 17.0 Å². The predicted molar refractivity (Wildman–Crippen MR) is 77.1 cm³/mol. The highest BCUT2D eigenvalue weighted by atomic mass is 35.5. The second-order valence-corrected chi connectivity index (χ2v) is 6.84. The summed E-state index contributed by atoms with van der Waals surface area (Å²) < 4.78 is 27.0. The Labute approximate surface area is 123 Å². The predicted octanol–water partition coefficient (Wildman–Crippen LogP) is 2.95. The van der Waals surface area contributed by atoms with Crippen LogP contribution in [0.5, 0.6) is 0 Å². The lowest BCUT2D eigenvalue weighted by Crippen LogP contribution is -2.32. The van der Waals surface area contributed by atoms with Crippen LogP contribution in [0.1, 0.15) is 32.3 Å². The first kappa shape index (κ1) is 16.7. The molecule has 1 atom stereocenters. The Morgan fingerprint density at radius 2 is 2.00 bits per heavy atom. The summed E-state index contributed by atoms with van der Waals surface area (Å²) in [7, 11) is -3.74. The van der Waals surface area contributed by atoms with Gasteiger partial charge < -0.3 is 5.11 Å². The monoisotopic (exact) mass is 325 g/mol. The summed E-state index contributed by atoms with van der Waals surface area (Å²) in [5, 5.41) is 9.36. The van der Waals surface area contributed by atoms with E-state index in [1.165, 1.54) is 12.1 Å². The Morgan fingerprint density at radius 3 is 2.53 bits per heavy atom. The maximum absolute atomic E-state index is 12.2. The summed E-state index contributed by atoms with van der Waals surface area (Å²) >= 11 is 11.8. The molecule has 1 rings (SSSR count). The Hall–Kier alpha value is -0.330. The van der Waals surface area contributed by atoms with Gasteiger partial charge in [-0.15, -0.1) is 0 Å². The van der Waals surface area contributed by atoms with Crippen LogP contribution in [0.3, 0.4) is 0 Å². The van der Waals surface area contributed by atoms with Crippen molar-refractivity contribution in [2.24, 2.45) is 0 Å². The van der Waals surface area contributed by atoms with Crippen molar-refractivity contribution in [2.75, 3.05) is 0 Å². The van der Waals surface area contributed by atoms with E-state index in [2.05, 4.69) is 4.72 Å². The lowest BCUT2D eigenvalue weighted by molar-refractivity contribution is 0.281. The summed E-state index contributed by atoms with van der Waals surface area (Å²) in [4.78, 5) is -0.103. The highest BCUT2D eigenvalue weighted by molar-refractivity contribution is 7.89. The minimum Gasteiger partial charge on any atom is -0.392 e. The molecule has 4 nitrogen and oxygen atoms in total. The third kappa shape index (κ3) is 4.33. The molecule has 0 bridgehead atoms. The number of aliphatic hydroxyl groups is 1. The summed E-state index contributed by atoms with van der Waals surface area (Å²) in [6, 6.07) is 2.53. The second kappa shape index (κ2) is 6.90. The first-order chi connectivity index (χ1) is 8.81. The van der Waals surface area contributed by atoms with E-state index in [4.69, 9.17) is 28.3 Å². The number of sulfonamides is 1. The van der Waals surface area contributed by atoms with Crippen molar-refractivity contribution in [3.63, 3.8) is 0 Å². The van der Waals surface area contributed by atoms with E-state index >= 15 is 0 Å². The molecule has 0 amide bonds. The lowest BCUT2D eigenvalue weighted by atomic mass is 10.2. The van der Waals surface area contributed by atoms with Crippen LogP contribution in [0.4, 0.5) is 0 Å². The van der Waals surface area contributed by atoms with Crippen molar-refractivity contribution in [2.45, 2.75) is 44.2 Å². The Bertz CT molecular complexity index is 546. The third-order valence-electron chi connectivity index (χ3n) is 2.62. The Balaban J connectivity index is 3.18. The number of nitrogens with one attached hydrogen (secondary N) is 1. The fourth-order valence-electron chi connectivity index (χ4n) is 1.75. The third-order valence-corrected chi connectivity index (χ3v) is 5.01. The van der Waals surface area contributed by atoms with E-state index < -0.39 is 10.0 Å². The SMILES string of the molecule is CCCC(C)NS(=O)(=O)c1cc(Cl)cc(CO)c1Cl. The van der Waals surface area contributed by atoms with Crippen LogP contribution in [-0.2, 0) is 16.6 Å². The zero-order valence-electron chi connectivity index (χ0n) is 10.8. The van der Waals surface area contributed by atoms with Crippen LogP contribution in [0.2, 0.25) is 10.0 Å². The molecule has 2 N–H and O–H groups in total. The molecule has 0 aliphatic carbocycles. The number of benzene rings is 1. The van der Waals surface area contributed by atoms with Crippen molar-refractivity contribution in [3.8, 4) is 0 Å². The Morgan fingerprint density at radius 1 is 1.37 bits per heavy atom. The first-order valence-electron chi connectivity index (χ1n) is 5.93. The van der Waals surface area contributed by atoms with Gasteiger partial charge in [0.15, 0.2) is 0 Å². The van der Waals surface area contributed by atoms with Gasteiger partial charge in [0.1, 0.15) is 4.90 Å². The van der Waals surface area contributed by atoms with Crippen LogP contribution < -0.4 is 4.72 Å². The van der Waals surface area contributed by atoms with E-state index in [1.54, 1.807) is 6.92 Å². The van der Waals surface area contributed by atoms with Crippen LogP contribution >= 0.6 is 23.2 Å². The minimum absolute atomic E-state index is 0.00287.